The van der Waals surface area contributed by atoms with Gasteiger partial charge in [-0.05, 0) is 29.7 Å². The van der Waals surface area contributed by atoms with Crippen molar-refractivity contribution in [1.29, 1.82) is 0 Å². The second-order valence-corrected chi connectivity index (χ2v) is 5.52. The Bertz CT molecular complexity index is 759. The fraction of sp³-hybridized carbons (Fsp3) is 0.211. The van der Waals surface area contributed by atoms with E-state index < -0.39 is 17.8 Å². The van der Waals surface area contributed by atoms with Gasteiger partial charge in [-0.1, -0.05) is 48.6 Å². The third-order valence-corrected chi connectivity index (χ3v) is 3.49. The van der Waals surface area contributed by atoms with Crippen LogP contribution in [0.1, 0.15) is 23.1 Å². The van der Waals surface area contributed by atoms with Crippen LogP contribution >= 0.6 is 0 Å². The highest BCUT2D eigenvalue weighted by Gasteiger charge is 2.32. The Hall–Kier alpha value is -2.96. The molecule has 0 aromatic heterocycles. The first-order valence-electron chi connectivity index (χ1n) is 7.94. The smallest absolute Gasteiger partial charge is 0.418 e. The third-order valence-electron chi connectivity index (χ3n) is 3.49. The number of ether oxygens (including phenoxy) is 1. The summed E-state index contributed by atoms with van der Waals surface area (Å²) in [5, 5.41) is 2.57. The van der Waals surface area contributed by atoms with Gasteiger partial charge in [-0.2, -0.15) is 13.2 Å². The number of hydrogen-bond acceptors (Lipinski definition) is 3. The number of nitrogens with one attached hydrogen (secondary N) is 1. The molecule has 0 radical (unpaired) electrons. The van der Waals surface area contributed by atoms with E-state index in [0.29, 0.717) is 18.5 Å². The lowest BCUT2D eigenvalue weighted by molar-refractivity contribution is -0.136. The van der Waals surface area contributed by atoms with Crippen LogP contribution in [-0.4, -0.2) is 12.6 Å². The molecule has 2 aromatic rings. The van der Waals surface area contributed by atoms with Crippen LogP contribution in [0.5, 0.6) is 0 Å². The minimum atomic E-state index is -4.49. The van der Waals surface area contributed by atoms with Gasteiger partial charge in [0.2, 0.25) is 0 Å². The molecule has 0 aliphatic heterocycles. The van der Waals surface area contributed by atoms with Crippen molar-refractivity contribution in [3.63, 3.8) is 0 Å². The zero-order valence-corrected chi connectivity index (χ0v) is 13.9. The van der Waals surface area contributed by atoms with Crippen LogP contribution in [0.3, 0.4) is 0 Å². The van der Waals surface area contributed by atoms with Gasteiger partial charge in [0.1, 0.15) is 6.61 Å². The molecule has 2 aromatic carbocycles. The number of alkyl halides is 3. The van der Waals surface area contributed by atoms with Crippen molar-refractivity contribution in [2.75, 3.05) is 12.3 Å². The topological polar surface area (TPSA) is 64.3 Å². The maximum atomic E-state index is 12.8. The van der Waals surface area contributed by atoms with E-state index >= 15 is 0 Å². The van der Waals surface area contributed by atoms with Gasteiger partial charge in [-0.3, -0.25) is 0 Å². The highest BCUT2D eigenvalue weighted by atomic mass is 19.4. The number of carbonyl (C=O) groups excluding carboxylic acids is 1. The highest BCUT2D eigenvalue weighted by Crippen LogP contribution is 2.34. The normalized spacial score (nSPS) is 11.5. The zero-order chi connectivity index (χ0) is 19.0. The molecule has 4 nitrogen and oxygen atoms in total. The first-order chi connectivity index (χ1) is 12.4. The van der Waals surface area contributed by atoms with Crippen molar-refractivity contribution in [1.82, 2.24) is 5.32 Å². The number of carbonyl (C=O) groups is 1. The van der Waals surface area contributed by atoms with E-state index in [4.69, 9.17) is 10.5 Å². The minimum Gasteiger partial charge on any atom is -0.445 e. The Kier molecular flexibility index (Phi) is 6.66. The first-order valence-corrected chi connectivity index (χ1v) is 7.94. The fourth-order valence-electron chi connectivity index (χ4n) is 2.17. The Labute approximate surface area is 149 Å². The van der Waals surface area contributed by atoms with Gasteiger partial charge in [0.05, 0.1) is 5.56 Å². The SMILES string of the molecule is Nc1ccc(C=CCCNC(=O)OCc2ccccc2)cc1C(F)(F)F. The number of alkyl carbamates (subject to hydrolysis) is 1. The Balaban J connectivity index is 1.75. The number of halogens is 3. The summed E-state index contributed by atoms with van der Waals surface area (Å²) in [6, 6.07) is 13.0. The van der Waals surface area contributed by atoms with E-state index in [-0.39, 0.29) is 12.3 Å². The molecule has 138 valence electrons. The Morgan fingerprint density at radius 2 is 1.88 bits per heavy atom. The first kappa shape index (κ1) is 19.4. The van der Waals surface area contributed by atoms with Crippen molar-refractivity contribution in [2.45, 2.75) is 19.2 Å². The summed E-state index contributed by atoms with van der Waals surface area (Å²) in [7, 11) is 0. The predicted molar refractivity (Wildman–Crippen MR) is 94.1 cm³/mol. The molecule has 0 unspecified atom stereocenters. The average Bonchev–Trinajstić information content (AvgIpc) is 2.61. The van der Waals surface area contributed by atoms with E-state index in [1.165, 1.54) is 12.1 Å². The molecule has 0 saturated carbocycles. The summed E-state index contributed by atoms with van der Waals surface area (Å²) in [5.41, 5.74) is 5.45. The van der Waals surface area contributed by atoms with E-state index in [2.05, 4.69) is 5.32 Å². The summed E-state index contributed by atoms with van der Waals surface area (Å²) >= 11 is 0. The monoisotopic (exact) mass is 364 g/mol. The van der Waals surface area contributed by atoms with Crippen molar-refractivity contribution < 1.29 is 22.7 Å². The molecular weight excluding hydrogens is 345 g/mol. The number of nitrogen functional groups attached to an aromatic ring is 1. The van der Waals surface area contributed by atoms with Crippen molar-refractivity contribution in [3.05, 3.63) is 71.3 Å². The van der Waals surface area contributed by atoms with Crippen LogP contribution in [0.4, 0.5) is 23.7 Å². The molecule has 0 atom stereocenters. The molecule has 0 aliphatic rings. The number of benzene rings is 2. The maximum absolute atomic E-state index is 12.8. The number of amides is 1. The minimum absolute atomic E-state index is 0.175. The van der Waals surface area contributed by atoms with Gasteiger partial charge < -0.3 is 15.8 Å². The number of nitrogens with two attached hydrogens (primary N) is 1. The second kappa shape index (κ2) is 8.94. The predicted octanol–water partition coefficient (Wildman–Crippen LogP) is 4.62. The third kappa shape index (κ3) is 6.16. The van der Waals surface area contributed by atoms with Crippen LogP contribution in [0, 0.1) is 0 Å². The molecule has 0 aliphatic carbocycles. The quantitative estimate of drug-likeness (QED) is 0.581. The molecule has 26 heavy (non-hydrogen) atoms. The lowest BCUT2D eigenvalue weighted by Gasteiger charge is -2.10. The maximum Gasteiger partial charge on any atom is 0.418 e. The van der Waals surface area contributed by atoms with Crippen molar-refractivity contribution >= 4 is 17.9 Å². The Morgan fingerprint density at radius 3 is 2.58 bits per heavy atom. The number of hydrogen-bond donors (Lipinski definition) is 2. The summed E-state index contributed by atoms with van der Waals surface area (Å²) in [4.78, 5) is 11.5. The molecule has 0 heterocycles. The van der Waals surface area contributed by atoms with Crippen molar-refractivity contribution in [2.24, 2.45) is 0 Å². The van der Waals surface area contributed by atoms with Crippen LogP contribution < -0.4 is 11.1 Å². The molecule has 1 amide bonds. The van der Waals surface area contributed by atoms with Gasteiger partial charge in [0.15, 0.2) is 0 Å². The standard InChI is InChI=1S/C19H19F3N2O2/c20-19(21,22)16-12-14(9-10-17(16)23)6-4-5-11-24-18(25)26-13-15-7-2-1-3-8-15/h1-4,6-10,12H,5,11,13,23H2,(H,24,25). The molecule has 2 rings (SSSR count). The summed E-state index contributed by atoms with van der Waals surface area (Å²) in [6.07, 6.45) is -1.37. The summed E-state index contributed by atoms with van der Waals surface area (Å²) in [5.74, 6) is 0. The van der Waals surface area contributed by atoms with Crippen LogP contribution in [0.2, 0.25) is 0 Å². The summed E-state index contributed by atoms with van der Waals surface area (Å²) in [6.45, 7) is 0.486. The molecule has 0 fully saturated rings. The van der Waals surface area contributed by atoms with E-state index in [1.807, 2.05) is 30.3 Å². The van der Waals surface area contributed by atoms with Crippen LogP contribution in [0.15, 0.2) is 54.6 Å². The number of anilines is 1. The van der Waals surface area contributed by atoms with E-state index in [9.17, 15) is 18.0 Å². The van der Waals surface area contributed by atoms with E-state index in [1.54, 1.807) is 12.2 Å². The van der Waals surface area contributed by atoms with E-state index in [0.717, 1.165) is 11.6 Å². The fourth-order valence-corrected chi connectivity index (χ4v) is 2.17. The average molecular weight is 364 g/mol. The molecular formula is C19H19F3N2O2. The molecule has 0 spiro atoms. The molecule has 3 N–H and O–H groups in total. The van der Waals surface area contributed by atoms with Crippen LogP contribution in [-0.2, 0) is 17.5 Å². The summed E-state index contributed by atoms with van der Waals surface area (Å²) < 4.78 is 43.4. The molecule has 7 heteroatoms. The molecule has 0 saturated heterocycles. The van der Waals surface area contributed by atoms with Gasteiger partial charge in [-0.15, -0.1) is 0 Å². The lowest BCUT2D eigenvalue weighted by Crippen LogP contribution is -2.24. The second-order valence-electron chi connectivity index (χ2n) is 5.52. The highest BCUT2D eigenvalue weighted by molar-refractivity contribution is 5.67. The number of rotatable bonds is 6. The van der Waals surface area contributed by atoms with Crippen molar-refractivity contribution in [3.8, 4) is 0 Å². The molecule has 0 bridgehead atoms. The Morgan fingerprint density at radius 1 is 1.15 bits per heavy atom. The van der Waals surface area contributed by atoms with Crippen LogP contribution in [0.25, 0.3) is 6.08 Å². The lowest BCUT2D eigenvalue weighted by atomic mass is 10.1. The van der Waals surface area contributed by atoms with Gasteiger partial charge in [-0.25, -0.2) is 4.79 Å². The van der Waals surface area contributed by atoms with Gasteiger partial charge in [0.25, 0.3) is 0 Å². The zero-order valence-electron chi connectivity index (χ0n) is 13.9. The van der Waals surface area contributed by atoms with Gasteiger partial charge in [0, 0.05) is 12.2 Å². The largest absolute Gasteiger partial charge is 0.445 e. The van der Waals surface area contributed by atoms with Gasteiger partial charge >= 0.3 is 12.3 Å².